The third-order valence-corrected chi connectivity index (χ3v) is 11.6. The number of carbonyl (C=O) groups excluding carboxylic acids is 3. The lowest BCUT2D eigenvalue weighted by Gasteiger charge is -2.18. The Kier molecular flexibility index (Phi) is 51.4. The molecule has 378 valence electrons. The lowest BCUT2D eigenvalue weighted by atomic mass is 10.1. The fourth-order valence-electron chi connectivity index (χ4n) is 7.47. The molecule has 1 unspecified atom stereocenters. The third kappa shape index (κ3) is 51.6. The Morgan fingerprint density at radius 3 is 1.00 bits per heavy atom. The van der Waals surface area contributed by atoms with Gasteiger partial charge in [0.05, 0.1) is 0 Å². The minimum atomic E-state index is -0.791. The summed E-state index contributed by atoms with van der Waals surface area (Å²) < 4.78 is 16.8. The first kappa shape index (κ1) is 62.6. The number of allylic oxidation sites excluding steroid dienone is 14. The largest absolute Gasteiger partial charge is 0.462 e. The number of esters is 3. The average Bonchev–Trinajstić information content (AvgIpc) is 3.31. The maximum atomic E-state index is 12.8. The van der Waals surface area contributed by atoms with Crippen LogP contribution in [0.1, 0.15) is 258 Å². The SMILES string of the molecule is CC/C=C\C/C=C\C/C=C\CCCCCCCCCC(=O)OC(COC(=O)CCCCCCC/C=C\CCC)COC(=O)CCCCCCCC/C=C\C/C=C\C/C=C\CCCCCCC. The molecule has 0 aromatic carbocycles. The van der Waals surface area contributed by atoms with Gasteiger partial charge in [-0.05, 0) is 109 Å². The van der Waals surface area contributed by atoms with Crippen molar-refractivity contribution in [3.05, 3.63) is 85.1 Å². The fourth-order valence-corrected chi connectivity index (χ4v) is 7.47. The maximum absolute atomic E-state index is 12.8. The molecule has 66 heavy (non-hydrogen) atoms. The first-order chi connectivity index (χ1) is 32.5. The van der Waals surface area contributed by atoms with E-state index in [0.717, 1.165) is 122 Å². The average molecular weight is 919 g/mol. The molecular weight excluding hydrogens is 817 g/mol. The first-order valence-corrected chi connectivity index (χ1v) is 27.6. The highest BCUT2D eigenvalue weighted by Crippen LogP contribution is 2.14. The second kappa shape index (κ2) is 54.2. The molecule has 0 N–H and O–H groups in total. The summed E-state index contributed by atoms with van der Waals surface area (Å²) in [5.41, 5.74) is 0. The summed E-state index contributed by atoms with van der Waals surface area (Å²) in [7, 11) is 0. The van der Waals surface area contributed by atoms with Gasteiger partial charge in [-0.3, -0.25) is 14.4 Å². The number of hydrogen-bond acceptors (Lipinski definition) is 6. The van der Waals surface area contributed by atoms with Crippen LogP contribution in [0, 0.1) is 0 Å². The van der Waals surface area contributed by atoms with Crippen molar-refractivity contribution in [2.24, 2.45) is 0 Å². The summed E-state index contributed by atoms with van der Waals surface area (Å²) in [5.74, 6) is -0.921. The number of ether oxygens (including phenoxy) is 3. The molecule has 0 bridgehead atoms. The molecule has 0 spiro atoms. The predicted molar refractivity (Wildman–Crippen MR) is 284 cm³/mol. The molecule has 0 radical (unpaired) electrons. The van der Waals surface area contributed by atoms with E-state index in [1.54, 1.807) is 0 Å². The molecular formula is C60H102O6. The molecule has 1 atom stereocenters. The Morgan fingerprint density at radius 2 is 0.621 bits per heavy atom. The summed E-state index contributed by atoms with van der Waals surface area (Å²) in [6, 6.07) is 0. The summed E-state index contributed by atoms with van der Waals surface area (Å²) in [6.07, 6.45) is 70.0. The van der Waals surface area contributed by atoms with Gasteiger partial charge in [0.1, 0.15) is 13.2 Å². The molecule has 6 nitrogen and oxygen atoms in total. The van der Waals surface area contributed by atoms with Crippen molar-refractivity contribution in [3.8, 4) is 0 Å². The van der Waals surface area contributed by atoms with Gasteiger partial charge in [0.15, 0.2) is 6.10 Å². The maximum Gasteiger partial charge on any atom is 0.306 e. The Labute approximate surface area is 407 Å². The molecule has 0 aliphatic carbocycles. The van der Waals surface area contributed by atoms with Gasteiger partial charge in [-0.25, -0.2) is 0 Å². The highest BCUT2D eigenvalue weighted by atomic mass is 16.6. The molecule has 0 aliphatic heterocycles. The van der Waals surface area contributed by atoms with Gasteiger partial charge < -0.3 is 14.2 Å². The van der Waals surface area contributed by atoms with Crippen LogP contribution < -0.4 is 0 Å². The van der Waals surface area contributed by atoms with Crippen molar-refractivity contribution in [1.82, 2.24) is 0 Å². The van der Waals surface area contributed by atoms with Crippen molar-refractivity contribution >= 4 is 17.9 Å². The van der Waals surface area contributed by atoms with Gasteiger partial charge in [0, 0.05) is 19.3 Å². The van der Waals surface area contributed by atoms with E-state index in [9.17, 15) is 14.4 Å². The van der Waals surface area contributed by atoms with E-state index in [4.69, 9.17) is 14.2 Å². The molecule has 0 saturated heterocycles. The quantitative estimate of drug-likeness (QED) is 0.0262. The van der Waals surface area contributed by atoms with E-state index >= 15 is 0 Å². The molecule has 6 heteroatoms. The zero-order chi connectivity index (χ0) is 47.9. The lowest BCUT2D eigenvalue weighted by Crippen LogP contribution is -2.30. The standard InChI is InChI=1S/C60H102O6/c1-4-7-10-13-16-19-22-24-26-28-29-30-31-33-34-36-38-41-44-47-50-53-59(62)65-56-57(55-64-58(61)52-49-46-43-40-21-18-15-12-9-6-3)66-60(63)54-51-48-45-42-39-37-35-32-27-25-23-20-17-14-11-8-5-2/h8,11-12,15,17,20,22,24-25,27-29,31,33,57H,4-7,9-10,13-14,16,18-19,21,23,26,30,32,34-56H2,1-3H3/b11-8-,15-12-,20-17-,24-22-,27-25-,29-28-,33-31-. The zero-order valence-corrected chi connectivity index (χ0v) is 43.2. The predicted octanol–water partition coefficient (Wildman–Crippen LogP) is 18.4. The topological polar surface area (TPSA) is 78.9 Å². The van der Waals surface area contributed by atoms with Crippen LogP contribution in [0.3, 0.4) is 0 Å². The van der Waals surface area contributed by atoms with Crippen LogP contribution in [0.5, 0.6) is 0 Å². The van der Waals surface area contributed by atoms with Crippen molar-refractivity contribution in [1.29, 1.82) is 0 Å². The number of hydrogen-bond donors (Lipinski definition) is 0. The van der Waals surface area contributed by atoms with Gasteiger partial charge in [-0.1, -0.05) is 215 Å². The fraction of sp³-hybridized carbons (Fsp3) is 0.717. The van der Waals surface area contributed by atoms with Gasteiger partial charge >= 0.3 is 17.9 Å². The van der Waals surface area contributed by atoms with E-state index in [0.29, 0.717) is 19.3 Å². The van der Waals surface area contributed by atoms with Crippen LogP contribution in [0.4, 0.5) is 0 Å². The first-order valence-electron chi connectivity index (χ1n) is 27.6. The molecule has 0 fully saturated rings. The summed E-state index contributed by atoms with van der Waals surface area (Å²) in [6.45, 7) is 6.43. The molecule has 0 saturated carbocycles. The molecule has 0 aromatic rings. The highest BCUT2D eigenvalue weighted by molar-refractivity contribution is 5.71. The minimum Gasteiger partial charge on any atom is -0.462 e. The van der Waals surface area contributed by atoms with Crippen molar-refractivity contribution in [3.63, 3.8) is 0 Å². The van der Waals surface area contributed by atoms with E-state index in [-0.39, 0.29) is 31.1 Å². The number of unbranched alkanes of at least 4 members (excludes halogenated alkanes) is 24. The normalized spacial score (nSPS) is 12.7. The summed E-state index contributed by atoms with van der Waals surface area (Å²) >= 11 is 0. The summed E-state index contributed by atoms with van der Waals surface area (Å²) in [4.78, 5) is 38.0. The second-order valence-corrected chi connectivity index (χ2v) is 18.1. The highest BCUT2D eigenvalue weighted by Gasteiger charge is 2.19. The van der Waals surface area contributed by atoms with Gasteiger partial charge in [-0.2, -0.15) is 0 Å². The Bertz CT molecular complexity index is 1290. The van der Waals surface area contributed by atoms with Crippen molar-refractivity contribution in [2.45, 2.75) is 264 Å². The smallest absolute Gasteiger partial charge is 0.306 e. The molecule has 0 aromatic heterocycles. The molecule has 0 heterocycles. The zero-order valence-electron chi connectivity index (χ0n) is 43.2. The van der Waals surface area contributed by atoms with Crippen molar-refractivity contribution < 1.29 is 28.6 Å². The van der Waals surface area contributed by atoms with Gasteiger partial charge in [0.25, 0.3) is 0 Å². The van der Waals surface area contributed by atoms with Crippen LogP contribution in [0.2, 0.25) is 0 Å². The van der Waals surface area contributed by atoms with Gasteiger partial charge in [-0.15, -0.1) is 0 Å². The van der Waals surface area contributed by atoms with Gasteiger partial charge in [0.2, 0.25) is 0 Å². The Balaban J connectivity index is 4.36. The molecule has 0 aliphatic rings. The Hall–Kier alpha value is -3.41. The monoisotopic (exact) mass is 919 g/mol. The van der Waals surface area contributed by atoms with Crippen molar-refractivity contribution in [2.75, 3.05) is 13.2 Å². The van der Waals surface area contributed by atoms with Crippen LogP contribution in [-0.4, -0.2) is 37.2 Å². The minimum absolute atomic E-state index is 0.0900. The van der Waals surface area contributed by atoms with E-state index in [1.165, 1.54) is 96.3 Å². The van der Waals surface area contributed by atoms with E-state index in [2.05, 4.69) is 106 Å². The van der Waals surface area contributed by atoms with E-state index in [1.807, 2.05) is 0 Å². The third-order valence-electron chi connectivity index (χ3n) is 11.6. The number of rotatable bonds is 49. The van der Waals surface area contributed by atoms with Crippen LogP contribution >= 0.6 is 0 Å². The Morgan fingerprint density at radius 1 is 0.318 bits per heavy atom. The lowest BCUT2D eigenvalue weighted by molar-refractivity contribution is -0.167. The van der Waals surface area contributed by atoms with E-state index < -0.39 is 6.10 Å². The van der Waals surface area contributed by atoms with Crippen LogP contribution in [-0.2, 0) is 28.6 Å². The summed E-state index contributed by atoms with van der Waals surface area (Å²) in [5, 5.41) is 0. The van der Waals surface area contributed by atoms with Crippen LogP contribution in [0.15, 0.2) is 85.1 Å². The molecule has 0 rings (SSSR count). The number of carbonyl (C=O) groups is 3. The second-order valence-electron chi connectivity index (χ2n) is 18.1. The van der Waals surface area contributed by atoms with Crippen LogP contribution in [0.25, 0.3) is 0 Å². The molecule has 0 amide bonds.